The van der Waals surface area contributed by atoms with Crippen molar-refractivity contribution < 1.29 is 19.3 Å². The predicted molar refractivity (Wildman–Crippen MR) is 116 cm³/mol. The molecule has 0 fully saturated rings. The molecule has 0 aliphatic rings. The van der Waals surface area contributed by atoms with Gasteiger partial charge in [-0.3, -0.25) is 5.26 Å². The maximum absolute atomic E-state index is 11.3. The summed E-state index contributed by atoms with van der Waals surface area (Å²) in [6.07, 6.45) is 7.47. The average Bonchev–Trinajstić information content (AvgIpc) is 2.68. The van der Waals surface area contributed by atoms with Gasteiger partial charge in [-0.2, -0.15) is 0 Å². The summed E-state index contributed by atoms with van der Waals surface area (Å²) < 4.78 is 10.9. The van der Waals surface area contributed by atoms with Crippen LogP contribution in [0, 0.1) is 0 Å². The quantitative estimate of drug-likeness (QED) is 0.216. The minimum atomic E-state index is -0.368. The van der Waals surface area contributed by atoms with Crippen LogP contribution in [-0.2, 0) is 4.89 Å². The SMILES string of the molecule is C=C(C)C(CCC(C)=CCCC(C)=CCOc1ccc2ccc(=O)oc2c1)OO. The normalized spacial score (nSPS) is 13.5. The summed E-state index contributed by atoms with van der Waals surface area (Å²) in [6, 6.07) is 8.62. The summed E-state index contributed by atoms with van der Waals surface area (Å²) in [5, 5.41) is 9.74. The highest BCUT2D eigenvalue weighted by Gasteiger charge is 2.09. The van der Waals surface area contributed by atoms with Crippen LogP contribution >= 0.6 is 0 Å². The Morgan fingerprint density at radius 2 is 1.86 bits per heavy atom. The minimum absolute atomic E-state index is 0.305. The van der Waals surface area contributed by atoms with Crippen LogP contribution in [0.2, 0.25) is 0 Å². The summed E-state index contributed by atoms with van der Waals surface area (Å²) >= 11 is 0. The van der Waals surface area contributed by atoms with Crippen molar-refractivity contribution in [3.63, 3.8) is 0 Å². The zero-order valence-corrected chi connectivity index (χ0v) is 17.4. The van der Waals surface area contributed by atoms with Crippen molar-refractivity contribution in [1.82, 2.24) is 0 Å². The molecule has 2 rings (SSSR count). The van der Waals surface area contributed by atoms with Gasteiger partial charge in [-0.1, -0.05) is 23.8 Å². The van der Waals surface area contributed by atoms with Crippen LogP contribution in [0.25, 0.3) is 11.0 Å². The molecule has 0 bridgehead atoms. The van der Waals surface area contributed by atoms with Crippen LogP contribution in [0.15, 0.2) is 75.0 Å². The average molecular weight is 398 g/mol. The minimum Gasteiger partial charge on any atom is -0.489 e. The Morgan fingerprint density at radius 3 is 2.59 bits per heavy atom. The van der Waals surface area contributed by atoms with Crippen molar-refractivity contribution in [3.05, 3.63) is 76.2 Å². The van der Waals surface area contributed by atoms with Crippen molar-refractivity contribution in [3.8, 4) is 5.75 Å². The number of ether oxygens (including phenoxy) is 1. The first-order valence-electron chi connectivity index (χ1n) is 9.82. The van der Waals surface area contributed by atoms with E-state index in [2.05, 4.69) is 37.5 Å². The van der Waals surface area contributed by atoms with Gasteiger partial charge in [0.1, 0.15) is 24.0 Å². The lowest BCUT2D eigenvalue weighted by Gasteiger charge is -2.13. The first-order valence-corrected chi connectivity index (χ1v) is 9.82. The maximum Gasteiger partial charge on any atom is 0.336 e. The number of hydrogen-bond donors (Lipinski definition) is 1. The van der Waals surface area contributed by atoms with Gasteiger partial charge in [-0.15, -0.1) is 0 Å². The van der Waals surface area contributed by atoms with E-state index in [1.54, 1.807) is 12.1 Å². The number of rotatable bonds is 11. The van der Waals surface area contributed by atoms with Crippen LogP contribution in [0.4, 0.5) is 0 Å². The Bertz CT molecular complexity index is 936. The van der Waals surface area contributed by atoms with E-state index in [0.717, 1.165) is 36.6 Å². The number of fused-ring (bicyclic) bond motifs is 1. The highest BCUT2D eigenvalue weighted by molar-refractivity contribution is 5.77. The molecule has 5 nitrogen and oxygen atoms in total. The number of benzene rings is 1. The topological polar surface area (TPSA) is 68.9 Å². The highest BCUT2D eigenvalue weighted by atomic mass is 17.1. The Balaban J connectivity index is 1.77. The molecular formula is C24H30O5. The lowest BCUT2D eigenvalue weighted by atomic mass is 10.0. The molecule has 0 aliphatic heterocycles. The van der Waals surface area contributed by atoms with Gasteiger partial charge in [0.05, 0.1) is 0 Å². The summed E-state index contributed by atoms with van der Waals surface area (Å²) in [5.74, 6) is 0.671. The highest BCUT2D eigenvalue weighted by Crippen LogP contribution is 2.20. The summed E-state index contributed by atoms with van der Waals surface area (Å²) in [7, 11) is 0. The maximum atomic E-state index is 11.3. The molecule has 0 radical (unpaired) electrons. The third-order valence-electron chi connectivity index (χ3n) is 4.79. The second kappa shape index (κ2) is 11.4. The molecule has 29 heavy (non-hydrogen) atoms. The van der Waals surface area contributed by atoms with Gasteiger partial charge < -0.3 is 9.15 Å². The first-order chi connectivity index (χ1) is 13.9. The Hall–Kier alpha value is -2.63. The Labute approximate surface area is 171 Å². The van der Waals surface area contributed by atoms with Gasteiger partial charge in [0.2, 0.25) is 0 Å². The van der Waals surface area contributed by atoms with Crippen LogP contribution in [0.1, 0.15) is 46.5 Å². The van der Waals surface area contributed by atoms with Crippen LogP contribution < -0.4 is 10.4 Å². The molecule has 1 heterocycles. The second-order valence-electron chi connectivity index (χ2n) is 7.38. The van der Waals surface area contributed by atoms with Crippen LogP contribution in [0.5, 0.6) is 5.75 Å². The third kappa shape index (κ3) is 7.72. The van der Waals surface area contributed by atoms with Gasteiger partial charge in [0.25, 0.3) is 0 Å². The van der Waals surface area contributed by atoms with Gasteiger partial charge >= 0.3 is 5.63 Å². The fourth-order valence-corrected chi connectivity index (χ4v) is 2.91. The van der Waals surface area contributed by atoms with E-state index in [9.17, 15) is 4.79 Å². The molecule has 0 saturated heterocycles. The van der Waals surface area contributed by atoms with Gasteiger partial charge in [-0.25, -0.2) is 9.68 Å². The van der Waals surface area contributed by atoms with E-state index in [1.807, 2.05) is 19.1 Å². The molecule has 1 atom stereocenters. The van der Waals surface area contributed by atoms with Crippen LogP contribution in [0.3, 0.4) is 0 Å². The molecule has 5 heteroatoms. The molecule has 2 aromatic rings. The third-order valence-corrected chi connectivity index (χ3v) is 4.79. The first kappa shape index (κ1) is 22.7. The Morgan fingerprint density at radius 1 is 1.14 bits per heavy atom. The fourth-order valence-electron chi connectivity index (χ4n) is 2.91. The lowest BCUT2D eigenvalue weighted by Crippen LogP contribution is -2.11. The zero-order valence-electron chi connectivity index (χ0n) is 17.4. The Kier molecular flexibility index (Phi) is 8.90. The summed E-state index contributed by atoms with van der Waals surface area (Å²) in [4.78, 5) is 15.8. The number of allylic oxidation sites excluding steroid dienone is 3. The lowest BCUT2D eigenvalue weighted by molar-refractivity contribution is -0.269. The zero-order chi connectivity index (χ0) is 21.2. The fraction of sp³-hybridized carbons (Fsp3) is 0.375. The molecule has 1 N–H and O–H groups in total. The molecule has 156 valence electrons. The standard InChI is InChI=1S/C24H30O5/c1-17(2)22(29-26)12-8-18(3)6-5-7-19(4)14-15-27-21-11-9-20-10-13-24(25)28-23(20)16-21/h6,9-11,13-14,16,22,26H,1,5,7-8,12,15H2,2-4H3. The molecule has 0 aliphatic carbocycles. The largest absolute Gasteiger partial charge is 0.489 e. The molecule has 1 aromatic carbocycles. The van der Waals surface area contributed by atoms with Crippen molar-refractivity contribution in [2.75, 3.05) is 6.61 Å². The molecule has 0 spiro atoms. The number of hydrogen-bond acceptors (Lipinski definition) is 5. The van der Waals surface area contributed by atoms with Crippen molar-refractivity contribution in [1.29, 1.82) is 0 Å². The molecule has 0 amide bonds. The molecular weight excluding hydrogens is 368 g/mol. The molecule has 1 unspecified atom stereocenters. The monoisotopic (exact) mass is 398 g/mol. The van der Waals surface area contributed by atoms with Crippen molar-refractivity contribution in [2.24, 2.45) is 0 Å². The predicted octanol–water partition coefficient (Wildman–Crippen LogP) is 6.06. The summed E-state index contributed by atoms with van der Waals surface area (Å²) in [5.41, 5.74) is 3.51. The van der Waals surface area contributed by atoms with Gasteiger partial charge in [-0.05, 0) is 76.3 Å². The van der Waals surface area contributed by atoms with Crippen molar-refractivity contribution >= 4 is 11.0 Å². The van der Waals surface area contributed by atoms with E-state index in [4.69, 9.17) is 14.4 Å². The van der Waals surface area contributed by atoms with E-state index >= 15 is 0 Å². The smallest absolute Gasteiger partial charge is 0.336 e. The van der Waals surface area contributed by atoms with E-state index in [-0.39, 0.29) is 11.7 Å². The molecule has 1 aromatic heterocycles. The van der Waals surface area contributed by atoms with E-state index in [0.29, 0.717) is 17.9 Å². The second-order valence-corrected chi connectivity index (χ2v) is 7.38. The summed E-state index contributed by atoms with van der Waals surface area (Å²) in [6.45, 7) is 10.3. The van der Waals surface area contributed by atoms with E-state index in [1.165, 1.54) is 17.2 Å². The van der Waals surface area contributed by atoms with Gasteiger partial charge in [0.15, 0.2) is 0 Å². The van der Waals surface area contributed by atoms with Crippen LogP contribution in [-0.4, -0.2) is 18.0 Å². The van der Waals surface area contributed by atoms with Crippen molar-refractivity contribution in [2.45, 2.75) is 52.6 Å². The molecule has 0 saturated carbocycles. The van der Waals surface area contributed by atoms with E-state index < -0.39 is 0 Å². The van der Waals surface area contributed by atoms with Gasteiger partial charge in [0, 0.05) is 17.5 Å².